The molecule has 110 valence electrons. The Morgan fingerprint density at radius 1 is 1.14 bits per heavy atom. The molecule has 0 bridgehead atoms. The average molecular weight is 297 g/mol. The fourth-order valence-electron chi connectivity index (χ4n) is 2.26. The average Bonchev–Trinajstić information content (AvgIpc) is 2.54. The van der Waals surface area contributed by atoms with Crippen LogP contribution in [0.4, 0.5) is 5.69 Å². The predicted molar refractivity (Wildman–Crippen MR) is 81.1 cm³/mol. The molecule has 0 unspecified atom stereocenters. The molecule has 0 aliphatic rings. The smallest absolute Gasteiger partial charge is 0.359 e. The summed E-state index contributed by atoms with van der Waals surface area (Å²) in [5, 5.41) is 11.5. The number of ether oxygens (including phenoxy) is 1. The highest BCUT2D eigenvalue weighted by Crippen LogP contribution is 2.32. The molecule has 0 aliphatic heterocycles. The first-order valence-corrected chi connectivity index (χ1v) is 6.46. The van der Waals surface area contributed by atoms with Gasteiger partial charge >= 0.3 is 5.69 Å². The van der Waals surface area contributed by atoms with Gasteiger partial charge in [0.2, 0.25) is 5.76 Å². The van der Waals surface area contributed by atoms with Gasteiger partial charge in [-0.15, -0.1) is 0 Å². The standard InChI is InChI=1S/C16H11NO5/c1-21-11-6-4-5-10(9-11)16-14(17(19)20)15(18)12-7-2-3-8-13(12)22-16/h2-9H,1H3. The van der Waals surface area contributed by atoms with E-state index in [1.54, 1.807) is 42.5 Å². The molecule has 0 atom stereocenters. The lowest BCUT2D eigenvalue weighted by molar-refractivity contribution is -0.386. The van der Waals surface area contributed by atoms with Crippen LogP contribution < -0.4 is 10.2 Å². The van der Waals surface area contributed by atoms with E-state index in [9.17, 15) is 14.9 Å². The number of benzene rings is 2. The Hall–Kier alpha value is -3.15. The van der Waals surface area contributed by atoms with E-state index in [0.717, 1.165) is 0 Å². The quantitative estimate of drug-likeness (QED) is 0.546. The van der Waals surface area contributed by atoms with Gasteiger partial charge in [-0.05, 0) is 24.3 Å². The van der Waals surface area contributed by atoms with E-state index < -0.39 is 16.0 Å². The summed E-state index contributed by atoms with van der Waals surface area (Å²) >= 11 is 0. The number of para-hydroxylation sites is 1. The fourth-order valence-corrected chi connectivity index (χ4v) is 2.26. The maximum Gasteiger partial charge on any atom is 0.359 e. The van der Waals surface area contributed by atoms with Gasteiger partial charge in [-0.2, -0.15) is 0 Å². The second kappa shape index (κ2) is 5.33. The van der Waals surface area contributed by atoms with Gasteiger partial charge in [0.1, 0.15) is 11.3 Å². The monoisotopic (exact) mass is 297 g/mol. The van der Waals surface area contributed by atoms with Crippen molar-refractivity contribution in [3.8, 4) is 17.1 Å². The van der Waals surface area contributed by atoms with Crippen molar-refractivity contribution in [2.45, 2.75) is 0 Å². The van der Waals surface area contributed by atoms with Crippen molar-refractivity contribution >= 4 is 16.7 Å². The molecule has 2 aromatic carbocycles. The van der Waals surface area contributed by atoms with E-state index in [2.05, 4.69) is 0 Å². The van der Waals surface area contributed by atoms with Gasteiger partial charge in [-0.1, -0.05) is 24.3 Å². The molecule has 6 nitrogen and oxygen atoms in total. The van der Waals surface area contributed by atoms with Gasteiger partial charge in [0.05, 0.1) is 17.4 Å². The number of rotatable bonds is 3. The molecule has 0 spiro atoms. The van der Waals surface area contributed by atoms with E-state index in [0.29, 0.717) is 16.9 Å². The number of nitro groups is 1. The zero-order chi connectivity index (χ0) is 15.7. The number of hydrogen-bond donors (Lipinski definition) is 0. The maximum absolute atomic E-state index is 12.4. The van der Waals surface area contributed by atoms with Crippen molar-refractivity contribution in [1.29, 1.82) is 0 Å². The van der Waals surface area contributed by atoms with Crippen LogP contribution in [0.15, 0.2) is 57.7 Å². The van der Waals surface area contributed by atoms with Gasteiger partial charge in [-0.3, -0.25) is 14.9 Å². The molecule has 0 aliphatic carbocycles. The number of fused-ring (bicyclic) bond motifs is 1. The SMILES string of the molecule is COc1cccc(-c2oc3ccccc3c(=O)c2[N+](=O)[O-])c1. The summed E-state index contributed by atoms with van der Waals surface area (Å²) in [5.41, 5.74) is -0.526. The summed E-state index contributed by atoms with van der Waals surface area (Å²) in [4.78, 5) is 23.0. The number of nitrogens with zero attached hydrogens (tertiary/aromatic N) is 1. The molecule has 0 radical (unpaired) electrons. The molecular weight excluding hydrogens is 286 g/mol. The third-order valence-electron chi connectivity index (χ3n) is 3.29. The Balaban J connectivity index is 2.39. The highest BCUT2D eigenvalue weighted by Gasteiger charge is 2.25. The van der Waals surface area contributed by atoms with Crippen molar-refractivity contribution in [1.82, 2.24) is 0 Å². The van der Waals surface area contributed by atoms with E-state index >= 15 is 0 Å². The Kier molecular flexibility index (Phi) is 3.34. The highest BCUT2D eigenvalue weighted by molar-refractivity contribution is 5.83. The van der Waals surface area contributed by atoms with Gasteiger partial charge in [0.25, 0.3) is 5.43 Å². The lowest BCUT2D eigenvalue weighted by Crippen LogP contribution is -2.10. The molecule has 3 aromatic rings. The topological polar surface area (TPSA) is 82.6 Å². The van der Waals surface area contributed by atoms with Crippen LogP contribution in [0, 0.1) is 10.1 Å². The summed E-state index contributed by atoms with van der Waals surface area (Å²) in [6, 6.07) is 13.0. The Morgan fingerprint density at radius 3 is 2.64 bits per heavy atom. The summed E-state index contributed by atoms with van der Waals surface area (Å²) in [6.45, 7) is 0. The van der Waals surface area contributed by atoms with Crippen LogP contribution in [0.25, 0.3) is 22.3 Å². The van der Waals surface area contributed by atoms with E-state index in [-0.39, 0.29) is 11.1 Å². The minimum atomic E-state index is -0.715. The Labute approximate surface area is 124 Å². The second-order valence-electron chi connectivity index (χ2n) is 4.59. The van der Waals surface area contributed by atoms with E-state index in [4.69, 9.17) is 9.15 Å². The third kappa shape index (κ3) is 2.20. The molecule has 1 heterocycles. The summed E-state index contributed by atoms with van der Waals surface area (Å²) in [7, 11) is 1.49. The molecule has 0 fully saturated rings. The van der Waals surface area contributed by atoms with Crippen LogP contribution in [0.2, 0.25) is 0 Å². The lowest BCUT2D eigenvalue weighted by Gasteiger charge is -2.06. The zero-order valence-electron chi connectivity index (χ0n) is 11.6. The van der Waals surface area contributed by atoms with Crippen LogP contribution in [0.3, 0.4) is 0 Å². The summed E-state index contributed by atoms with van der Waals surface area (Å²) in [5.74, 6) is 0.440. The molecule has 1 aromatic heterocycles. The van der Waals surface area contributed by atoms with Crippen molar-refractivity contribution in [3.63, 3.8) is 0 Å². The maximum atomic E-state index is 12.4. The molecule has 0 saturated heterocycles. The summed E-state index contributed by atoms with van der Waals surface area (Å²) < 4.78 is 10.7. The molecule has 3 rings (SSSR count). The number of methoxy groups -OCH3 is 1. The first kappa shape index (κ1) is 13.8. The van der Waals surface area contributed by atoms with Crippen LogP contribution in [-0.2, 0) is 0 Å². The molecule has 0 amide bonds. The van der Waals surface area contributed by atoms with Gasteiger partial charge in [0.15, 0.2) is 0 Å². The minimum Gasteiger partial charge on any atom is -0.497 e. The van der Waals surface area contributed by atoms with Crippen LogP contribution >= 0.6 is 0 Å². The van der Waals surface area contributed by atoms with Crippen molar-refractivity contribution < 1.29 is 14.1 Å². The highest BCUT2D eigenvalue weighted by atomic mass is 16.6. The normalized spacial score (nSPS) is 10.6. The van der Waals surface area contributed by atoms with Crippen LogP contribution in [0.1, 0.15) is 0 Å². The van der Waals surface area contributed by atoms with Gasteiger partial charge in [0, 0.05) is 5.56 Å². The van der Waals surface area contributed by atoms with E-state index in [1.165, 1.54) is 13.2 Å². The van der Waals surface area contributed by atoms with Gasteiger partial charge in [-0.25, -0.2) is 0 Å². The predicted octanol–water partition coefficient (Wildman–Crippen LogP) is 3.38. The van der Waals surface area contributed by atoms with E-state index in [1.807, 2.05) is 0 Å². The Bertz CT molecular complexity index is 929. The van der Waals surface area contributed by atoms with Crippen molar-refractivity contribution in [3.05, 3.63) is 68.9 Å². The van der Waals surface area contributed by atoms with Gasteiger partial charge < -0.3 is 9.15 Å². The fraction of sp³-hybridized carbons (Fsp3) is 0.0625. The molecule has 0 saturated carbocycles. The molecule has 0 N–H and O–H groups in total. The first-order chi connectivity index (χ1) is 10.6. The van der Waals surface area contributed by atoms with Crippen molar-refractivity contribution in [2.24, 2.45) is 0 Å². The first-order valence-electron chi connectivity index (χ1n) is 6.46. The molecule has 6 heteroatoms. The van der Waals surface area contributed by atoms with Crippen LogP contribution in [0.5, 0.6) is 5.75 Å². The van der Waals surface area contributed by atoms with Crippen LogP contribution in [-0.4, -0.2) is 12.0 Å². The van der Waals surface area contributed by atoms with Crippen molar-refractivity contribution in [2.75, 3.05) is 7.11 Å². The molecule has 22 heavy (non-hydrogen) atoms. The largest absolute Gasteiger partial charge is 0.497 e. The minimum absolute atomic E-state index is 0.0763. The molecular formula is C16H11NO5. The zero-order valence-corrected chi connectivity index (χ0v) is 11.6. The second-order valence-corrected chi connectivity index (χ2v) is 4.59. The Morgan fingerprint density at radius 2 is 1.91 bits per heavy atom. The lowest BCUT2D eigenvalue weighted by atomic mass is 10.1. The third-order valence-corrected chi connectivity index (χ3v) is 3.29. The summed E-state index contributed by atoms with van der Waals surface area (Å²) in [6.07, 6.45) is 0. The number of hydrogen-bond acceptors (Lipinski definition) is 5.